The van der Waals surface area contributed by atoms with E-state index in [4.69, 9.17) is 5.26 Å². The monoisotopic (exact) mass is 170 g/mol. The summed E-state index contributed by atoms with van der Waals surface area (Å²) < 4.78 is 0. The summed E-state index contributed by atoms with van der Waals surface area (Å²) >= 11 is 0. The molecule has 64 valence electrons. The number of nitrogens with zero attached hydrogens (tertiary/aromatic N) is 2. The lowest BCUT2D eigenvalue weighted by Gasteiger charge is -2.24. The maximum atomic E-state index is 8.89. The molecule has 0 fully saturated rings. The molecule has 0 spiro atoms. The van der Waals surface area contributed by atoms with E-state index in [0.29, 0.717) is 0 Å². The SMILES string of the molecule is CN1CC=C(C#N)c2ccccc21. The largest absolute Gasteiger partial charge is 0.370 e. The predicted octanol–water partition coefficient (Wildman–Crippen LogP) is 2.04. The van der Waals surface area contributed by atoms with Crippen molar-refractivity contribution in [1.82, 2.24) is 0 Å². The molecule has 2 heteroatoms. The number of anilines is 1. The Morgan fingerprint density at radius 3 is 2.92 bits per heavy atom. The van der Waals surface area contributed by atoms with Crippen LogP contribution in [0.1, 0.15) is 5.56 Å². The van der Waals surface area contributed by atoms with Crippen LogP contribution in [0.2, 0.25) is 0 Å². The second kappa shape index (κ2) is 2.95. The van der Waals surface area contributed by atoms with E-state index in [0.717, 1.165) is 23.4 Å². The van der Waals surface area contributed by atoms with Crippen molar-refractivity contribution in [3.63, 3.8) is 0 Å². The molecule has 0 aromatic heterocycles. The highest BCUT2D eigenvalue weighted by Gasteiger charge is 2.14. The summed E-state index contributed by atoms with van der Waals surface area (Å²) in [5.74, 6) is 0. The molecule has 0 N–H and O–H groups in total. The van der Waals surface area contributed by atoms with Gasteiger partial charge in [0.1, 0.15) is 0 Å². The first-order valence-corrected chi connectivity index (χ1v) is 4.23. The van der Waals surface area contributed by atoms with Gasteiger partial charge in [-0.2, -0.15) is 5.26 Å². The Morgan fingerprint density at radius 2 is 2.15 bits per heavy atom. The zero-order chi connectivity index (χ0) is 9.26. The van der Waals surface area contributed by atoms with Gasteiger partial charge >= 0.3 is 0 Å². The molecule has 1 aromatic carbocycles. The summed E-state index contributed by atoms with van der Waals surface area (Å²) in [6.45, 7) is 0.819. The Balaban J connectivity index is 2.60. The zero-order valence-corrected chi connectivity index (χ0v) is 7.49. The van der Waals surface area contributed by atoms with E-state index >= 15 is 0 Å². The van der Waals surface area contributed by atoms with Gasteiger partial charge in [-0.05, 0) is 12.1 Å². The van der Waals surface area contributed by atoms with E-state index in [2.05, 4.69) is 11.0 Å². The van der Waals surface area contributed by atoms with Crippen LogP contribution in [0.15, 0.2) is 30.3 Å². The Bertz CT molecular complexity index is 399. The van der Waals surface area contributed by atoms with Crippen LogP contribution in [0.25, 0.3) is 5.57 Å². The number of benzene rings is 1. The molecular formula is C11H10N2. The lowest BCUT2D eigenvalue weighted by Crippen LogP contribution is -2.21. The summed E-state index contributed by atoms with van der Waals surface area (Å²) in [5, 5.41) is 8.89. The fourth-order valence-corrected chi connectivity index (χ4v) is 1.58. The number of para-hydroxylation sites is 1. The first-order valence-electron chi connectivity index (χ1n) is 4.23. The minimum Gasteiger partial charge on any atom is -0.370 e. The van der Waals surface area contributed by atoms with Gasteiger partial charge in [0.2, 0.25) is 0 Å². The summed E-state index contributed by atoms with van der Waals surface area (Å²) in [4.78, 5) is 2.14. The Kier molecular flexibility index (Phi) is 1.79. The Labute approximate surface area is 77.7 Å². The van der Waals surface area contributed by atoms with E-state index in [1.165, 1.54) is 0 Å². The molecule has 13 heavy (non-hydrogen) atoms. The molecule has 2 nitrogen and oxygen atoms in total. The fourth-order valence-electron chi connectivity index (χ4n) is 1.58. The average Bonchev–Trinajstić information content (AvgIpc) is 2.19. The third kappa shape index (κ3) is 1.19. The number of hydrogen-bond acceptors (Lipinski definition) is 2. The van der Waals surface area contributed by atoms with Gasteiger partial charge in [-0.15, -0.1) is 0 Å². The molecule has 1 aliphatic rings. The summed E-state index contributed by atoms with van der Waals surface area (Å²) in [6.07, 6.45) is 1.96. The topological polar surface area (TPSA) is 27.0 Å². The van der Waals surface area contributed by atoms with Crippen LogP contribution >= 0.6 is 0 Å². The zero-order valence-electron chi connectivity index (χ0n) is 7.49. The van der Waals surface area contributed by atoms with Crippen molar-refractivity contribution in [2.45, 2.75) is 0 Å². The van der Waals surface area contributed by atoms with Gasteiger partial charge < -0.3 is 4.90 Å². The van der Waals surface area contributed by atoms with Crippen molar-refractivity contribution in [1.29, 1.82) is 5.26 Å². The smallest absolute Gasteiger partial charge is 0.0996 e. The molecule has 0 bridgehead atoms. The van der Waals surface area contributed by atoms with Gasteiger partial charge in [-0.3, -0.25) is 0 Å². The number of likely N-dealkylation sites (N-methyl/N-ethyl adjacent to an activating group) is 1. The number of hydrogen-bond donors (Lipinski definition) is 0. The second-order valence-electron chi connectivity index (χ2n) is 3.13. The van der Waals surface area contributed by atoms with Crippen LogP contribution in [-0.4, -0.2) is 13.6 Å². The summed E-state index contributed by atoms with van der Waals surface area (Å²) in [6, 6.07) is 10.2. The molecule has 0 aliphatic carbocycles. The van der Waals surface area contributed by atoms with Crippen molar-refractivity contribution < 1.29 is 0 Å². The highest BCUT2D eigenvalue weighted by atomic mass is 15.1. The quantitative estimate of drug-likeness (QED) is 0.595. The molecule has 1 heterocycles. The molecule has 0 unspecified atom stereocenters. The van der Waals surface area contributed by atoms with Crippen molar-refractivity contribution >= 4 is 11.3 Å². The maximum absolute atomic E-state index is 8.89. The van der Waals surface area contributed by atoms with E-state index in [9.17, 15) is 0 Å². The first kappa shape index (κ1) is 7.88. The highest BCUT2D eigenvalue weighted by Crippen LogP contribution is 2.29. The molecule has 1 aliphatic heterocycles. The van der Waals surface area contributed by atoms with Gasteiger partial charge in [-0.1, -0.05) is 18.2 Å². The molecule has 0 saturated heterocycles. The lowest BCUT2D eigenvalue weighted by atomic mass is 10.0. The summed E-state index contributed by atoms with van der Waals surface area (Å²) in [5.41, 5.74) is 2.97. The number of allylic oxidation sites excluding steroid dienone is 1. The maximum Gasteiger partial charge on any atom is 0.0996 e. The van der Waals surface area contributed by atoms with Crippen LogP contribution in [0.4, 0.5) is 5.69 Å². The van der Waals surface area contributed by atoms with Crippen molar-refractivity contribution in [3.05, 3.63) is 35.9 Å². The standard InChI is InChI=1S/C11H10N2/c1-13-7-6-9(8-12)10-4-2-3-5-11(10)13/h2-6H,7H2,1H3. The number of nitriles is 1. The minimum absolute atomic E-state index is 0.786. The fraction of sp³-hybridized carbons (Fsp3) is 0.182. The third-order valence-corrected chi connectivity index (χ3v) is 2.30. The Hall–Kier alpha value is -1.75. The van der Waals surface area contributed by atoms with Crippen LogP contribution < -0.4 is 4.90 Å². The van der Waals surface area contributed by atoms with Gasteiger partial charge in [0, 0.05) is 24.8 Å². The normalized spacial score (nSPS) is 14.5. The van der Waals surface area contributed by atoms with E-state index in [-0.39, 0.29) is 0 Å². The van der Waals surface area contributed by atoms with Crippen LogP contribution in [0.5, 0.6) is 0 Å². The minimum atomic E-state index is 0.786. The van der Waals surface area contributed by atoms with Crippen molar-refractivity contribution in [2.75, 3.05) is 18.5 Å². The van der Waals surface area contributed by atoms with Gasteiger partial charge in [0.05, 0.1) is 11.6 Å². The molecule has 0 amide bonds. The van der Waals surface area contributed by atoms with Gasteiger partial charge in [0.15, 0.2) is 0 Å². The lowest BCUT2D eigenvalue weighted by molar-refractivity contribution is 1.01. The summed E-state index contributed by atoms with van der Waals surface area (Å²) in [7, 11) is 2.03. The predicted molar refractivity (Wildman–Crippen MR) is 53.3 cm³/mol. The van der Waals surface area contributed by atoms with E-state index in [1.54, 1.807) is 0 Å². The first-order chi connectivity index (χ1) is 6.33. The highest BCUT2D eigenvalue weighted by molar-refractivity contribution is 5.86. The molecule has 0 saturated carbocycles. The van der Waals surface area contributed by atoms with Crippen LogP contribution in [0, 0.1) is 11.3 Å². The molecule has 0 atom stereocenters. The van der Waals surface area contributed by atoms with Crippen molar-refractivity contribution in [3.8, 4) is 6.07 Å². The van der Waals surface area contributed by atoms with E-state index < -0.39 is 0 Å². The molecular weight excluding hydrogens is 160 g/mol. The van der Waals surface area contributed by atoms with E-state index in [1.807, 2.05) is 37.4 Å². The molecule has 1 aromatic rings. The molecule has 0 radical (unpaired) electrons. The van der Waals surface area contributed by atoms with Gasteiger partial charge in [-0.25, -0.2) is 0 Å². The van der Waals surface area contributed by atoms with Gasteiger partial charge in [0.25, 0.3) is 0 Å². The average molecular weight is 170 g/mol. The number of rotatable bonds is 0. The van der Waals surface area contributed by atoms with Crippen LogP contribution in [0.3, 0.4) is 0 Å². The molecule has 2 rings (SSSR count). The second-order valence-corrected chi connectivity index (χ2v) is 3.13. The third-order valence-electron chi connectivity index (χ3n) is 2.30. The van der Waals surface area contributed by atoms with Crippen molar-refractivity contribution in [2.24, 2.45) is 0 Å². The Morgan fingerprint density at radius 1 is 1.38 bits per heavy atom. The van der Waals surface area contributed by atoms with Crippen LogP contribution in [-0.2, 0) is 0 Å². The number of fused-ring (bicyclic) bond motifs is 1.